The third-order valence-electron chi connectivity index (χ3n) is 3.50. The van der Waals surface area contributed by atoms with E-state index in [-0.39, 0.29) is 6.79 Å². The Morgan fingerprint density at radius 2 is 1.76 bits per heavy atom. The first-order valence-corrected chi connectivity index (χ1v) is 8.15. The maximum Gasteiger partial charge on any atom is 0.231 e. The Morgan fingerprint density at radius 1 is 0.920 bits per heavy atom. The quantitative estimate of drug-likeness (QED) is 0.669. The number of anilines is 4. The first-order valence-electron chi connectivity index (χ1n) is 7.40. The van der Waals surface area contributed by atoms with E-state index in [0.29, 0.717) is 39.0 Å². The summed E-state index contributed by atoms with van der Waals surface area (Å²) in [5, 5.41) is 7.45. The number of halogens is 2. The summed E-state index contributed by atoms with van der Waals surface area (Å²) in [6, 6.07) is 12.5. The molecule has 2 N–H and O–H groups in total. The molecule has 2 aromatic carbocycles. The Labute approximate surface area is 153 Å². The molecular weight excluding hydrogens is 363 g/mol. The largest absolute Gasteiger partial charge is 0.454 e. The predicted octanol–water partition coefficient (Wildman–Crippen LogP) is 5.00. The Morgan fingerprint density at radius 3 is 2.60 bits per heavy atom. The summed E-state index contributed by atoms with van der Waals surface area (Å²) in [5.41, 5.74) is 1.43. The molecule has 0 amide bonds. The zero-order valence-corrected chi connectivity index (χ0v) is 14.3. The van der Waals surface area contributed by atoms with Crippen LogP contribution in [0.3, 0.4) is 0 Å². The van der Waals surface area contributed by atoms with Crippen LogP contribution in [0.5, 0.6) is 11.5 Å². The van der Waals surface area contributed by atoms with Gasteiger partial charge < -0.3 is 20.1 Å². The smallest absolute Gasteiger partial charge is 0.231 e. The highest BCUT2D eigenvalue weighted by molar-refractivity contribution is 6.33. The van der Waals surface area contributed by atoms with Crippen LogP contribution in [0.1, 0.15) is 0 Å². The molecule has 0 spiro atoms. The zero-order valence-electron chi connectivity index (χ0n) is 12.8. The zero-order chi connectivity index (χ0) is 17.2. The fraction of sp³-hybridized carbons (Fsp3) is 0.0588. The number of fused-ring (bicyclic) bond motifs is 1. The van der Waals surface area contributed by atoms with Crippen molar-refractivity contribution in [2.45, 2.75) is 0 Å². The lowest BCUT2D eigenvalue weighted by atomic mass is 10.2. The summed E-state index contributed by atoms with van der Waals surface area (Å²) >= 11 is 12.2. The van der Waals surface area contributed by atoms with Gasteiger partial charge in [0.1, 0.15) is 11.5 Å². The SMILES string of the molecule is Clc1ccc(Nc2nccc(Nc3c(Cl)ccc4c3OCO4)n2)cc1. The van der Waals surface area contributed by atoms with Crippen LogP contribution >= 0.6 is 23.2 Å². The van der Waals surface area contributed by atoms with Gasteiger partial charge in [-0.05, 0) is 42.5 Å². The summed E-state index contributed by atoms with van der Waals surface area (Å²) in [6.45, 7) is 0.164. The molecule has 126 valence electrons. The lowest BCUT2D eigenvalue weighted by molar-refractivity contribution is 0.174. The van der Waals surface area contributed by atoms with Gasteiger partial charge in [-0.2, -0.15) is 4.98 Å². The number of nitrogens with one attached hydrogen (secondary N) is 2. The van der Waals surface area contributed by atoms with Crippen molar-refractivity contribution in [3.8, 4) is 11.5 Å². The molecule has 0 atom stereocenters. The summed E-state index contributed by atoms with van der Waals surface area (Å²) in [5.74, 6) is 2.21. The maximum absolute atomic E-state index is 6.27. The molecule has 0 bridgehead atoms. The monoisotopic (exact) mass is 374 g/mol. The molecule has 0 radical (unpaired) electrons. The number of hydrogen-bond acceptors (Lipinski definition) is 6. The predicted molar refractivity (Wildman–Crippen MR) is 97.6 cm³/mol. The van der Waals surface area contributed by atoms with E-state index in [1.54, 1.807) is 36.5 Å². The highest BCUT2D eigenvalue weighted by Crippen LogP contribution is 2.44. The molecular formula is C17H12Cl2N4O2. The molecule has 1 aliphatic rings. The van der Waals surface area contributed by atoms with Gasteiger partial charge in [0.2, 0.25) is 12.7 Å². The second kappa shape index (κ2) is 6.66. The van der Waals surface area contributed by atoms with Crippen molar-refractivity contribution in [2.75, 3.05) is 17.4 Å². The molecule has 0 unspecified atom stereocenters. The van der Waals surface area contributed by atoms with E-state index in [1.165, 1.54) is 0 Å². The van der Waals surface area contributed by atoms with E-state index in [4.69, 9.17) is 32.7 Å². The van der Waals surface area contributed by atoms with E-state index in [2.05, 4.69) is 20.6 Å². The van der Waals surface area contributed by atoms with Gasteiger partial charge in [-0.25, -0.2) is 4.98 Å². The van der Waals surface area contributed by atoms with Crippen molar-refractivity contribution >= 4 is 46.3 Å². The molecule has 1 aliphatic heterocycles. The van der Waals surface area contributed by atoms with Gasteiger partial charge in [0.15, 0.2) is 11.5 Å². The van der Waals surface area contributed by atoms with Crippen molar-refractivity contribution < 1.29 is 9.47 Å². The first kappa shape index (κ1) is 15.8. The van der Waals surface area contributed by atoms with Crippen molar-refractivity contribution in [1.82, 2.24) is 9.97 Å². The topological polar surface area (TPSA) is 68.3 Å². The molecule has 0 saturated heterocycles. The minimum Gasteiger partial charge on any atom is -0.454 e. The third-order valence-corrected chi connectivity index (χ3v) is 4.06. The molecule has 25 heavy (non-hydrogen) atoms. The van der Waals surface area contributed by atoms with E-state index in [1.807, 2.05) is 12.1 Å². The number of ether oxygens (including phenoxy) is 2. The van der Waals surface area contributed by atoms with Gasteiger partial charge in [-0.1, -0.05) is 23.2 Å². The maximum atomic E-state index is 6.27. The lowest BCUT2D eigenvalue weighted by Gasteiger charge is -2.11. The number of benzene rings is 2. The number of hydrogen-bond donors (Lipinski definition) is 2. The van der Waals surface area contributed by atoms with Gasteiger partial charge >= 0.3 is 0 Å². The van der Waals surface area contributed by atoms with E-state index >= 15 is 0 Å². The Balaban J connectivity index is 1.58. The molecule has 8 heteroatoms. The van der Waals surface area contributed by atoms with Gasteiger partial charge in [0.25, 0.3) is 0 Å². The van der Waals surface area contributed by atoms with Gasteiger partial charge in [-0.15, -0.1) is 0 Å². The van der Waals surface area contributed by atoms with Gasteiger partial charge in [-0.3, -0.25) is 0 Å². The highest BCUT2D eigenvalue weighted by Gasteiger charge is 2.20. The molecule has 6 nitrogen and oxygen atoms in total. The molecule has 3 aromatic rings. The van der Waals surface area contributed by atoms with Crippen LogP contribution in [0.15, 0.2) is 48.7 Å². The molecule has 1 aromatic heterocycles. The van der Waals surface area contributed by atoms with E-state index < -0.39 is 0 Å². The van der Waals surface area contributed by atoms with Crippen molar-refractivity contribution in [1.29, 1.82) is 0 Å². The molecule has 2 heterocycles. The summed E-state index contributed by atoms with van der Waals surface area (Å²) < 4.78 is 10.8. The minimum atomic E-state index is 0.164. The Hall–Kier alpha value is -2.70. The fourth-order valence-corrected chi connectivity index (χ4v) is 2.67. The molecule has 0 saturated carbocycles. The van der Waals surface area contributed by atoms with Crippen LogP contribution in [0.2, 0.25) is 10.0 Å². The normalized spacial score (nSPS) is 12.1. The van der Waals surface area contributed by atoms with Crippen LogP contribution < -0.4 is 20.1 Å². The van der Waals surface area contributed by atoms with Crippen molar-refractivity contribution in [3.63, 3.8) is 0 Å². The lowest BCUT2D eigenvalue weighted by Crippen LogP contribution is -2.01. The van der Waals surface area contributed by atoms with Crippen LogP contribution in [-0.4, -0.2) is 16.8 Å². The number of nitrogens with zero attached hydrogens (tertiary/aromatic N) is 2. The highest BCUT2D eigenvalue weighted by atomic mass is 35.5. The molecule has 4 rings (SSSR count). The van der Waals surface area contributed by atoms with Crippen LogP contribution in [-0.2, 0) is 0 Å². The summed E-state index contributed by atoms with van der Waals surface area (Å²) in [6.07, 6.45) is 1.64. The summed E-state index contributed by atoms with van der Waals surface area (Å²) in [4.78, 5) is 8.64. The second-order valence-electron chi connectivity index (χ2n) is 5.18. The number of rotatable bonds is 4. The van der Waals surface area contributed by atoms with E-state index in [0.717, 1.165) is 5.69 Å². The molecule has 0 aliphatic carbocycles. The minimum absolute atomic E-state index is 0.164. The van der Waals surface area contributed by atoms with Crippen LogP contribution in [0.25, 0.3) is 0 Å². The first-order chi connectivity index (χ1) is 12.2. The Kier molecular flexibility index (Phi) is 4.21. The standard InChI is InChI=1S/C17H12Cl2N4O2/c18-10-1-3-11(4-2-10)21-17-20-8-7-14(23-17)22-15-12(19)5-6-13-16(15)25-9-24-13/h1-8H,9H2,(H2,20,21,22,23). The average Bonchev–Trinajstić information content (AvgIpc) is 3.09. The van der Waals surface area contributed by atoms with Crippen molar-refractivity contribution in [2.24, 2.45) is 0 Å². The average molecular weight is 375 g/mol. The second-order valence-corrected chi connectivity index (χ2v) is 6.02. The van der Waals surface area contributed by atoms with Gasteiger partial charge in [0.05, 0.1) is 5.02 Å². The van der Waals surface area contributed by atoms with Crippen LogP contribution in [0.4, 0.5) is 23.1 Å². The van der Waals surface area contributed by atoms with Gasteiger partial charge in [0, 0.05) is 16.9 Å². The Bertz CT molecular complexity index is 919. The van der Waals surface area contributed by atoms with Crippen LogP contribution in [0, 0.1) is 0 Å². The molecule has 0 fully saturated rings. The summed E-state index contributed by atoms with van der Waals surface area (Å²) in [7, 11) is 0. The van der Waals surface area contributed by atoms with E-state index in [9.17, 15) is 0 Å². The van der Waals surface area contributed by atoms with Crippen molar-refractivity contribution in [3.05, 3.63) is 58.7 Å². The number of aromatic nitrogens is 2. The third kappa shape index (κ3) is 3.40. The fourth-order valence-electron chi connectivity index (χ4n) is 2.34.